The average molecular weight is 310 g/mol. The van der Waals surface area contributed by atoms with Gasteiger partial charge in [0.25, 0.3) is 0 Å². The summed E-state index contributed by atoms with van der Waals surface area (Å²) in [5.41, 5.74) is 7.22. The zero-order valence-electron chi connectivity index (χ0n) is 12.9. The van der Waals surface area contributed by atoms with E-state index in [0.717, 1.165) is 15.8 Å². The third-order valence-electron chi connectivity index (χ3n) is 3.40. The van der Waals surface area contributed by atoms with E-state index in [-0.39, 0.29) is 0 Å². The van der Waals surface area contributed by atoms with Gasteiger partial charge in [-0.2, -0.15) is 0 Å². The highest BCUT2D eigenvalue weighted by Crippen LogP contribution is 2.31. The van der Waals surface area contributed by atoms with Crippen LogP contribution in [0.5, 0.6) is 0 Å². The third kappa shape index (κ3) is 3.68. The molecule has 1 atom stereocenters. The summed E-state index contributed by atoms with van der Waals surface area (Å²) in [7, 11) is 3.48. The Morgan fingerprint density at radius 1 is 1.38 bits per heavy atom. The molecule has 2 aromatic heterocycles. The molecule has 0 aliphatic rings. The van der Waals surface area contributed by atoms with E-state index >= 15 is 0 Å². The lowest BCUT2D eigenvalue weighted by atomic mass is 10.2. The van der Waals surface area contributed by atoms with Crippen LogP contribution < -0.4 is 5.73 Å². The number of thiophene rings is 1. The highest BCUT2D eigenvalue weighted by atomic mass is 32.1. The van der Waals surface area contributed by atoms with Crippen molar-refractivity contribution in [3.63, 3.8) is 0 Å². The Hall–Kier alpha value is -1.28. The summed E-state index contributed by atoms with van der Waals surface area (Å²) in [6.45, 7) is 5.46. The molecule has 6 nitrogen and oxygen atoms in total. The number of nitrogens with zero attached hydrogens (tertiary/aromatic N) is 3. The van der Waals surface area contributed by atoms with Crippen molar-refractivity contribution in [1.82, 2.24) is 14.9 Å². The Morgan fingerprint density at radius 3 is 2.76 bits per heavy atom. The number of rotatable bonds is 6. The summed E-state index contributed by atoms with van der Waals surface area (Å²) >= 11 is 1.64. The first-order chi connectivity index (χ1) is 9.92. The standard InChI is InChI=1S/C14H22N4O2S/c1-8-9(2)21-14-12(8)13(15)16-11(17-14)6-18(3)5-10(19)7-20-4/h10,19H,5-7H2,1-4H3,(H2,15,16,17). The molecule has 0 aliphatic carbocycles. The van der Waals surface area contributed by atoms with Crippen LogP contribution in [0.1, 0.15) is 16.3 Å². The molecule has 0 aromatic carbocycles. The van der Waals surface area contributed by atoms with Gasteiger partial charge >= 0.3 is 0 Å². The maximum absolute atomic E-state index is 9.73. The fourth-order valence-corrected chi connectivity index (χ4v) is 3.36. The number of aliphatic hydroxyl groups is 1. The van der Waals surface area contributed by atoms with Crippen molar-refractivity contribution >= 4 is 27.4 Å². The van der Waals surface area contributed by atoms with Crippen molar-refractivity contribution in [3.05, 3.63) is 16.3 Å². The van der Waals surface area contributed by atoms with Crippen LogP contribution >= 0.6 is 11.3 Å². The quantitative estimate of drug-likeness (QED) is 0.837. The van der Waals surface area contributed by atoms with Crippen molar-refractivity contribution in [2.75, 3.05) is 33.0 Å². The minimum Gasteiger partial charge on any atom is -0.389 e. The predicted molar refractivity (Wildman–Crippen MR) is 85.5 cm³/mol. The highest BCUT2D eigenvalue weighted by molar-refractivity contribution is 7.18. The minimum atomic E-state index is -0.521. The Morgan fingerprint density at radius 2 is 2.10 bits per heavy atom. The van der Waals surface area contributed by atoms with E-state index < -0.39 is 6.10 Å². The van der Waals surface area contributed by atoms with Gasteiger partial charge in [0, 0.05) is 18.5 Å². The lowest BCUT2D eigenvalue weighted by Crippen LogP contribution is -2.32. The molecule has 21 heavy (non-hydrogen) atoms. The van der Waals surface area contributed by atoms with Gasteiger partial charge in [-0.25, -0.2) is 9.97 Å². The number of methoxy groups -OCH3 is 1. The van der Waals surface area contributed by atoms with E-state index in [1.807, 2.05) is 18.9 Å². The van der Waals surface area contributed by atoms with Crippen LogP contribution in [0.3, 0.4) is 0 Å². The molecule has 3 N–H and O–H groups in total. The number of hydrogen-bond acceptors (Lipinski definition) is 7. The van der Waals surface area contributed by atoms with Crippen LogP contribution in [0.25, 0.3) is 10.2 Å². The zero-order valence-corrected chi connectivity index (χ0v) is 13.7. The van der Waals surface area contributed by atoms with Crippen LogP contribution in [-0.2, 0) is 11.3 Å². The zero-order chi connectivity index (χ0) is 15.6. The number of hydrogen-bond donors (Lipinski definition) is 2. The third-order valence-corrected chi connectivity index (χ3v) is 4.50. The molecule has 0 aliphatic heterocycles. The molecule has 0 bridgehead atoms. The summed E-state index contributed by atoms with van der Waals surface area (Å²) in [6.07, 6.45) is -0.521. The van der Waals surface area contributed by atoms with Gasteiger partial charge in [0.15, 0.2) is 0 Å². The number of likely N-dealkylation sites (N-methyl/N-ethyl adjacent to an activating group) is 1. The second kappa shape index (κ2) is 6.65. The first-order valence-electron chi connectivity index (χ1n) is 6.80. The highest BCUT2D eigenvalue weighted by Gasteiger charge is 2.14. The molecule has 2 rings (SSSR count). The first kappa shape index (κ1) is 16.1. The van der Waals surface area contributed by atoms with Crippen molar-refractivity contribution in [1.29, 1.82) is 0 Å². The van der Waals surface area contributed by atoms with Gasteiger partial charge in [-0.1, -0.05) is 0 Å². The van der Waals surface area contributed by atoms with Gasteiger partial charge in [0.05, 0.1) is 24.6 Å². The van der Waals surface area contributed by atoms with Gasteiger partial charge < -0.3 is 15.6 Å². The lowest BCUT2D eigenvalue weighted by Gasteiger charge is -2.19. The lowest BCUT2D eigenvalue weighted by molar-refractivity contribution is 0.0414. The largest absolute Gasteiger partial charge is 0.389 e. The van der Waals surface area contributed by atoms with Gasteiger partial charge in [0.2, 0.25) is 0 Å². The topological polar surface area (TPSA) is 84.5 Å². The van der Waals surface area contributed by atoms with Crippen LogP contribution in [0, 0.1) is 13.8 Å². The summed E-state index contributed by atoms with van der Waals surface area (Å²) in [4.78, 5) is 13.1. The second-order valence-electron chi connectivity index (χ2n) is 5.29. The van der Waals surface area contributed by atoms with Gasteiger partial charge in [0.1, 0.15) is 16.5 Å². The van der Waals surface area contributed by atoms with Gasteiger partial charge in [-0.05, 0) is 26.5 Å². The molecule has 0 radical (unpaired) electrons. The minimum absolute atomic E-state index is 0.315. The molecule has 0 saturated carbocycles. The van der Waals surface area contributed by atoms with E-state index in [1.165, 1.54) is 4.88 Å². The predicted octanol–water partition coefficient (Wildman–Crippen LogP) is 1.33. The Labute approximate surface area is 128 Å². The number of anilines is 1. The maximum atomic E-state index is 9.73. The molecule has 2 heterocycles. The van der Waals surface area contributed by atoms with E-state index in [0.29, 0.717) is 31.3 Å². The maximum Gasteiger partial charge on any atom is 0.146 e. The molecular weight excluding hydrogens is 288 g/mol. The van der Waals surface area contributed by atoms with Crippen molar-refractivity contribution in [2.24, 2.45) is 0 Å². The van der Waals surface area contributed by atoms with Crippen LogP contribution in [0.15, 0.2) is 0 Å². The fourth-order valence-electron chi connectivity index (χ4n) is 2.31. The summed E-state index contributed by atoms with van der Waals surface area (Å²) in [5.74, 6) is 1.20. The average Bonchev–Trinajstić information content (AvgIpc) is 2.64. The molecular formula is C14H22N4O2S. The van der Waals surface area contributed by atoms with E-state index in [2.05, 4.69) is 16.9 Å². The number of ether oxygens (including phenoxy) is 1. The van der Waals surface area contributed by atoms with Gasteiger partial charge in [-0.3, -0.25) is 4.90 Å². The van der Waals surface area contributed by atoms with Crippen molar-refractivity contribution in [2.45, 2.75) is 26.5 Å². The van der Waals surface area contributed by atoms with Crippen LogP contribution in [0.2, 0.25) is 0 Å². The second-order valence-corrected chi connectivity index (χ2v) is 6.50. The first-order valence-corrected chi connectivity index (χ1v) is 7.61. The molecule has 7 heteroatoms. The number of fused-ring (bicyclic) bond motifs is 1. The summed E-state index contributed by atoms with van der Waals surface area (Å²) in [6, 6.07) is 0. The molecule has 0 spiro atoms. The van der Waals surface area contributed by atoms with E-state index in [4.69, 9.17) is 10.5 Å². The number of aromatic nitrogens is 2. The molecule has 0 fully saturated rings. The van der Waals surface area contributed by atoms with Crippen LogP contribution in [-0.4, -0.2) is 53.4 Å². The smallest absolute Gasteiger partial charge is 0.146 e. The van der Waals surface area contributed by atoms with Crippen molar-refractivity contribution in [3.8, 4) is 0 Å². The molecule has 1 unspecified atom stereocenters. The molecule has 116 valence electrons. The Kier molecular flexibility index (Phi) is 5.10. The number of aliphatic hydroxyl groups excluding tert-OH is 1. The molecule has 0 saturated heterocycles. The monoisotopic (exact) mass is 310 g/mol. The molecule has 2 aromatic rings. The Balaban J connectivity index is 2.16. The SMILES string of the molecule is COCC(O)CN(C)Cc1nc(N)c2c(C)c(C)sc2n1. The number of nitrogen functional groups attached to an aromatic ring is 1. The summed E-state index contributed by atoms with van der Waals surface area (Å²) in [5, 5.41) is 10.7. The van der Waals surface area contributed by atoms with Crippen LogP contribution in [0.4, 0.5) is 5.82 Å². The number of nitrogens with two attached hydrogens (primary N) is 1. The van der Waals surface area contributed by atoms with E-state index in [1.54, 1.807) is 18.4 Å². The van der Waals surface area contributed by atoms with Crippen molar-refractivity contribution < 1.29 is 9.84 Å². The molecule has 0 amide bonds. The fraction of sp³-hybridized carbons (Fsp3) is 0.571. The Bertz CT molecular complexity index is 629. The van der Waals surface area contributed by atoms with Gasteiger partial charge in [-0.15, -0.1) is 11.3 Å². The summed E-state index contributed by atoms with van der Waals surface area (Å²) < 4.78 is 4.92. The van der Waals surface area contributed by atoms with E-state index in [9.17, 15) is 5.11 Å². The normalized spacial score (nSPS) is 13.2. The number of aryl methyl sites for hydroxylation is 2.